The summed E-state index contributed by atoms with van der Waals surface area (Å²) in [7, 11) is 0. The fraction of sp³-hybridized carbons (Fsp3) is 0.455. The molecule has 1 atom stereocenters. The summed E-state index contributed by atoms with van der Waals surface area (Å²) in [6.45, 7) is 0. The molecule has 0 radical (unpaired) electrons. The summed E-state index contributed by atoms with van der Waals surface area (Å²) in [5.74, 6) is -3.63. The minimum atomic E-state index is -2.71. The lowest BCUT2D eigenvalue weighted by Crippen LogP contribution is -2.16. The zero-order valence-electron chi connectivity index (χ0n) is 8.42. The van der Waals surface area contributed by atoms with Crippen LogP contribution in [-0.2, 0) is 0 Å². The summed E-state index contributed by atoms with van der Waals surface area (Å²) in [4.78, 5) is 15.7. The maximum absolute atomic E-state index is 13.0. The molecule has 1 aliphatic rings. The Balaban J connectivity index is 2.18. The number of halogens is 3. The summed E-state index contributed by atoms with van der Waals surface area (Å²) >= 11 is 5.80. The predicted octanol–water partition coefficient (Wildman–Crippen LogP) is 3.35. The van der Waals surface area contributed by atoms with Crippen molar-refractivity contribution in [1.29, 1.82) is 0 Å². The molecule has 16 heavy (non-hydrogen) atoms. The van der Waals surface area contributed by atoms with Gasteiger partial charge in [-0.3, -0.25) is 9.78 Å². The van der Waals surface area contributed by atoms with Gasteiger partial charge in [0.2, 0.25) is 5.92 Å². The normalized spacial score (nSPS) is 23.3. The van der Waals surface area contributed by atoms with Crippen LogP contribution in [0.25, 0.3) is 0 Å². The average Bonchev–Trinajstić information content (AvgIpc) is 2.59. The predicted molar refractivity (Wildman–Crippen MR) is 55.9 cm³/mol. The molecular weight excluding hydrogens is 236 g/mol. The molecule has 1 aromatic rings. The van der Waals surface area contributed by atoms with Gasteiger partial charge in [0.25, 0.3) is 0 Å². The van der Waals surface area contributed by atoms with Crippen molar-refractivity contribution in [2.45, 2.75) is 25.2 Å². The summed E-state index contributed by atoms with van der Waals surface area (Å²) < 4.78 is 25.9. The first-order valence-electron chi connectivity index (χ1n) is 5.01. The van der Waals surface area contributed by atoms with Crippen molar-refractivity contribution < 1.29 is 13.6 Å². The van der Waals surface area contributed by atoms with E-state index in [0.717, 1.165) is 0 Å². The largest absolute Gasteiger partial charge is 0.294 e. The lowest BCUT2D eigenvalue weighted by molar-refractivity contribution is 0.00530. The maximum atomic E-state index is 13.0. The first-order valence-corrected chi connectivity index (χ1v) is 5.39. The van der Waals surface area contributed by atoms with E-state index in [1.807, 2.05) is 0 Å². The lowest BCUT2D eigenvalue weighted by Gasteiger charge is -2.10. The molecular formula is C11H10ClF2NO. The summed E-state index contributed by atoms with van der Waals surface area (Å²) in [5, 5.41) is 0.225. The number of aromatic nitrogens is 1. The van der Waals surface area contributed by atoms with Crippen LogP contribution in [0.4, 0.5) is 8.78 Å². The molecule has 0 aromatic carbocycles. The molecule has 0 saturated heterocycles. The molecule has 1 saturated carbocycles. The van der Waals surface area contributed by atoms with Gasteiger partial charge in [-0.2, -0.15) is 0 Å². The fourth-order valence-corrected chi connectivity index (χ4v) is 2.18. The van der Waals surface area contributed by atoms with E-state index in [1.165, 1.54) is 18.5 Å². The third-order valence-electron chi connectivity index (χ3n) is 2.81. The summed E-state index contributed by atoms with van der Waals surface area (Å²) in [5.41, 5.74) is 0.291. The Labute approximate surface area is 96.6 Å². The Bertz CT molecular complexity index is 422. The van der Waals surface area contributed by atoms with Crippen molar-refractivity contribution in [3.8, 4) is 0 Å². The van der Waals surface area contributed by atoms with Crippen molar-refractivity contribution in [1.82, 2.24) is 4.98 Å². The highest BCUT2D eigenvalue weighted by atomic mass is 35.5. The van der Waals surface area contributed by atoms with Crippen LogP contribution in [0.5, 0.6) is 0 Å². The van der Waals surface area contributed by atoms with E-state index in [0.29, 0.717) is 5.56 Å². The maximum Gasteiger partial charge on any atom is 0.248 e. The zero-order chi connectivity index (χ0) is 11.8. The van der Waals surface area contributed by atoms with E-state index in [2.05, 4.69) is 4.98 Å². The van der Waals surface area contributed by atoms with Gasteiger partial charge in [0.05, 0.1) is 5.02 Å². The molecule has 2 nitrogen and oxygen atoms in total. The van der Waals surface area contributed by atoms with Crippen LogP contribution in [0.3, 0.4) is 0 Å². The zero-order valence-corrected chi connectivity index (χ0v) is 9.18. The average molecular weight is 246 g/mol. The van der Waals surface area contributed by atoms with Gasteiger partial charge in [-0.15, -0.1) is 0 Å². The Kier molecular flexibility index (Phi) is 2.93. The molecule has 0 aliphatic heterocycles. The van der Waals surface area contributed by atoms with Crippen molar-refractivity contribution >= 4 is 17.4 Å². The molecule has 2 rings (SSSR count). The number of ketones is 1. The van der Waals surface area contributed by atoms with Crippen molar-refractivity contribution in [3.63, 3.8) is 0 Å². The van der Waals surface area contributed by atoms with Crippen molar-refractivity contribution in [2.24, 2.45) is 5.92 Å². The topological polar surface area (TPSA) is 30.0 Å². The smallest absolute Gasteiger partial charge is 0.248 e. The number of alkyl halides is 2. The molecule has 1 unspecified atom stereocenters. The molecule has 0 bridgehead atoms. The molecule has 1 fully saturated rings. The van der Waals surface area contributed by atoms with Crippen LogP contribution in [0.2, 0.25) is 5.02 Å². The molecule has 1 aromatic heterocycles. The number of Topliss-reactive ketones (excluding diaryl/α,β-unsaturated/α-hetero) is 1. The first kappa shape index (κ1) is 11.5. The minimum Gasteiger partial charge on any atom is -0.294 e. The number of carbonyl (C=O) groups excluding carboxylic acids is 1. The number of nitrogens with zero attached hydrogens (tertiary/aromatic N) is 1. The Morgan fingerprint density at radius 3 is 2.88 bits per heavy atom. The van der Waals surface area contributed by atoms with Gasteiger partial charge in [-0.1, -0.05) is 11.6 Å². The van der Waals surface area contributed by atoms with Gasteiger partial charge in [0, 0.05) is 36.7 Å². The SMILES string of the molecule is O=C(c1ccncc1Cl)C1CCC(F)(F)C1. The number of hydrogen-bond acceptors (Lipinski definition) is 2. The molecule has 0 N–H and O–H groups in total. The highest BCUT2D eigenvalue weighted by Gasteiger charge is 2.42. The lowest BCUT2D eigenvalue weighted by atomic mass is 9.97. The molecule has 1 heterocycles. The molecule has 1 aliphatic carbocycles. The van der Waals surface area contributed by atoms with E-state index in [-0.39, 0.29) is 30.1 Å². The van der Waals surface area contributed by atoms with E-state index < -0.39 is 11.8 Å². The standard InChI is InChI=1S/C11H10ClF2NO/c12-9-6-15-4-2-8(9)10(16)7-1-3-11(13,14)5-7/h2,4,6-7H,1,3,5H2. The van der Waals surface area contributed by atoms with Crippen LogP contribution in [0, 0.1) is 5.92 Å². The first-order chi connectivity index (χ1) is 7.49. The van der Waals surface area contributed by atoms with E-state index >= 15 is 0 Å². The van der Waals surface area contributed by atoms with Crippen LogP contribution in [0.1, 0.15) is 29.6 Å². The number of carbonyl (C=O) groups is 1. The van der Waals surface area contributed by atoms with Crippen LogP contribution in [0.15, 0.2) is 18.5 Å². The monoisotopic (exact) mass is 245 g/mol. The summed E-state index contributed by atoms with van der Waals surface area (Å²) in [6.07, 6.45) is 2.43. The van der Waals surface area contributed by atoms with Gasteiger partial charge < -0.3 is 0 Å². The van der Waals surface area contributed by atoms with Crippen LogP contribution < -0.4 is 0 Å². The van der Waals surface area contributed by atoms with E-state index in [1.54, 1.807) is 0 Å². The fourth-order valence-electron chi connectivity index (χ4n) is 1.97. The third-order valence-corrected chi connectivity index (χ3v) is 3.11. The number of hydrogen-bond donors (Lipinski definition) is 0. The molecule has 5 heteroatoms. The van der Waals surface area contributed by atoms with Crippen LogP contribution in [-0.4, -0.2) is 16.7 Å². The highest BCUT2D eigenvalue weighted by Crippen LogP contribution is 2.40. The highest BCUT2D eigenvalue weighted by molar-refractivity contribution is 6.33. The second kappa shape index (κ2) is 4.09. The van der Waals surface area contributed by atoms with Gasteiger partial charge in [-0.05, 0) is 12.5 Å². The second-order valence-electron chi connectivity index (χ2n) is 4.02. The number of rotatable bonds is 2. The Morgan fingerprint density at radius 2 is 2.31 bits per heavy atom. The van der Waals surface area contributed by atoms with E-state index in [9.17, 15) is 13.6 Å². The number of pyridine rings is 1. The minimum absolute atomic E-state index is 0.216. The Hall–Kier alpha value is -1.03. The third kappa shape index (κ3) is 2.21. The van der Waals surface area contributed by atoms with Gasteiger partial charge in [0.15, 0.2) is 5.78 Å². The summed E-state index contributed by atoms with van der Waals surface area (Å²) in [6, 6.07) is 1.47. The van der Waals surface area contributed by atoms with Crippen LogP contribution >= 0.6 is 11.6 Å². The second-order valence-corrected chi connectivity index (χ2v) is 4.42. The Morgan fingerprint density at radius 1 is 1.56 bits per heavy atom. The molecule has 0 spiro atoms. The molecule has 0 amide bonds. The van der Waals surface area contributed by atoms with Gasteiger partial charge in [-0.25, -0.2) is 8.78 Å². The quantitative estimate of drug-likeness (QED) is 0.748. The van der Waals surface area contributed by atoms with Gasteiger partial charge >= 0.3 is 0 Å². The molecule has 86 valence electrons. The van der Waals surface area contributed by atoms with Gasteiger partial charge in [0.1, 0.15) is 0 Å². The van der Waals surface area contributed by atoms with E-state index in [4.69, 9.17) is 11.6 Å². The van der Waals surface area contributed by atoms with Crippen molar-refractivity contribution in [3.05, 3.63) is 29.0 Å². The van der Waals surface area contributed by atoms with Crippen molar-refractivity contribution in [2.75, 3.05) is 0 Å².